The Bertz CT molecular complexity index is 405. The molecule has 17 heavy (non-hydrogen) atoms. The lowest BCUT2D eigenvalue weighted by Gasteiger charge is -2.30. The SMILES string of the molecule is CC1CCCCCN1c1cnccc1C(N)=S. The average Bonchev–Trinajstić information content (AvgIpc) is 2.54. The number of thiocarbonyl (C=S) groups is 1. The van der Waals surface area contributed by atoms with Crippen molar-refractivity contribution in [2.24, 2.45) is 5.73 Å². The quantitative estimate of drug-likeness (QED) is 0.818. The molecular weight excluding hydrogens is 230 g/mol. The molecule has 0 radical (unpaired) electrons. The molecule has 2 rings (SSSR count). The molecule has 0 aliphatic carbocycles. The van der Waals surface area contributed by atoms with Crippen molar-refractivity contribution in [3.63, 3.8) is 0 Å². The van der Waals surface area contributed by atoms with Crippen molar-refractivity contribution in [2.75, 3.05) is 11.4 Å². The molecule has 1 saturated heterocycles. The van der Waals surface area contributed by atoms with E-state index in [9.17, 15) is 0 Å². The fraction of sp³-hybridized carbons (Fsp3) is 0.538. The zero-order chi connectivity index (χ0) is 12.3. The van der Waals surface area contributed by atoms with Crippen LogP contribution in [0.2, 0.25) is 0 Å². The Labute approximate surface area is 108 Å². The van der Waals surface area contributed by atoms with Gasteiger partial charge in [-0.1, -0.05) is 25.1 Å². The summed E-state index contributed by atoms with van der Waals surface area (Å²) in [7, 11) is 0. The second kappa shape index (κ2) is 5.45. The summed E-state index contributed by atoms with van der Waals surface area (Å²) < 4.78 is 0. The van der Waals surface area contributed by atoms with Gasteiger partial charge < -0.3 is 10.6 Å². The first-order valence-corrected chi connectivity index (χ1v) is 6.61. The molecule has 1 aromatic rings. The lowest BCUT2D eigenvalue weighted by atomic mass is 10.1. The van der Waals surface area contributed by atoms with Crippen LogP contribution >= 0.6 is 12.2 Å². The third-order valence-corrected chi connectivity index (χ3v) is 3.65. The van der Waals surface area contributed by atoms with E-state index in [1.165, 1.54) is 25.7 Å². The number of nitrogens with two attached hydrogens (primary N) is 1. The van der Waals surface area contributed by atoms with Crippen LogP contribution in [0.1, 0.15) is 38.2 Å². The van der Waals surface area contributed by atoms with Crippen LogP contribution in [0.25, 0.3) is 0 Å². The van der Waals surface area contributed by atoms with Gasteiger partial charge in [0.05, 0.1) is 11.9 Å². The minimum absolute atomic E-state index is 0.457. The van der Waals surface area contributed by atoms with Crippen LogP contribution in [0.15, 0.2) is 18.5 Å². The molecule has 1 aliphatic heterocycles. The van der Waals surface area contributed by atoms with Gasteiger partial charge in [0.15, 0.2) is 0 Å². The van der Waals surface area contributed by atoms with E-state index < -0.39 is 0 Å². The van der Waals surface area contributed by atoms with E-state index in [1.807, 2.05) is 12.3 Å². The van der Waals surface area contributed by atoms with Gasteiger partial charge in [0.2, 0.25) is 0 Å². The normalized spacial score (nSPS) is 21.0. The summed E-state index contributed by atoms with van der Waals surface area (Å²) in [5.41, 5.74) is 7.82. The number of nitrogens with zero attached hydrogens (tertiary/aromatic N) is 2. The molecule has 0 saturated carbocycles. The third kappa shape index (κ3) is 2.75. The maximum absolute atomic E-state index is 5.78. The lowest BCUT2D eigenvalue weighted by molar-refractivity contribution is 0.615. The van der Waals surface area contributed by atoms with Crippen LogP contribution in [-0.4, -0.2) is 22.6 Å². The molecule has 1 atom stereocenters. The molecule has 0 aromatic carbocycles. The van der Waals surface area contributed by atoms with E-state index in [4.69, 9.17) is 18.0 Å². The minimum atomic E-state index is 0.457. The third-order valence-electron chi connectivity index (χ3n) is 3.43. The van der Waals surface area contributed by atoms with Gasteiger partial charge in [-0.05, 0) is 25.8 Å². The molecule has 1 aromatic heterocycles. The van der Waals surface area contributed by atoms with Crippen LogP contribution in [0, 0.1) is 0 Å². The van der Waals surface area contributed by atoms with Crippen LogP contribution in [-0.2, 0) is 0 Å². The first-order chi connectivity index (χ1) is 8.20. The molecule has 1 unspecified atom stereocenters. The maximum Gasteiger partial charge on any atom is 0.106 e. The Balaban J connectivity index is 2.34. The standard InChI is InChI=1S/C13H19N3S/c1-10-5-3-2-4-8-16(10)12-9-15-7-6-11(12)13(14)17/h6-7,9-10H,2-5,8H2,1H3,(H2,14,17). The van der Waals surface area contributed by atoms with Crippen molar-refractivity contribution in [3.05, 3.63) is 24.0 Å². The largest absolute Gasteiger partial charge is 0.389 e. The van der Waals surface area contributed by atoms with Gasteiger partial charge >= 0.3 is 0 Å². The molecule has 3 nitrogen and oxygen atoms in total. The van der Waals surface area contributed by atoms with Crippen LogP contribution in [0.4, 0.5) is 5.69 Å². The number of hydrogen-bond acceptors (Lipinski definition) is 3. The summed E-state index contributed by atoms with van der Waals surface area (Å²) in [6.07, 6.45) is 8.71. The predicted octanol–water partition coefficient (Wildman–Crippen LogP) is 2.48. The smallest absolute Gasteiger partial charge is 0.106 e. The molecule has 92 valence electrons. The Morgan fingerprint density at radius 1 is 1.47 bits per heavy atom. The zero-order valence-corrected chi connectivity index (χ0v) is 11.0. The van der Waals surface area contributed by atoms with E-state index in [-0.39, 0.29) is 0 Å². The number of hydrogen-bond donors (Lipinski definition) is 1. The topological polar surface area (TPSA) is 42.2 Å². The van der Waals surface area contributed by atoms with Crippen LogP contribution < -0.4 is 10.6 Å². The van der Waals surface area contributed by atoms with Crippen molar-refractivity contribution >= 4 is 22.9 Å². The molecule has 1 aliphatic rings. The number of anilines is 1. The Morgan fingerprint density at radius 2 is 2.29 bits per heavy atom. The van der Waals surface area contributed by atoms with Crippen molar-refractivity contribution in [1.29, 1.82) is 0 Å². The molecule has 1 fully saturated rings. The highest BCUT2D eigenvalue weighted by atomic mass is 32.1. The highest BCUT2D eigenvalue weighted by Crippen LogP contribution is 2.26. The highest BCUT2D eigenvalue weighted by Gasteiger charge is 2.20. The molecule has 2 heterocycles. The van der Waals surface area contributed by atoms with E-state index in [2.05, 4.69) is 16.8 Å². The Kier molecular flexibility index (Phi) is 3.94. The van der Waals surface area contributed by atoms with Crippen LogP contribution in [0.5, 0.6) is 0 Å². The van der Waals surface area contributed by atoms with Gasteiger partial charge in [0.25, 0.3) is 0 Å². The number of aromatic nitrogens is 1. The van der Waals surface area contributed by atoms with Gasteiger partial charge in [-0.25, -0.2) is 0 Å². The van der Waals surface area contributed by atoms with Gasteiger partial charge in [0, 0.05) is 24.3 Å². The van der Waals surface area contributed by atoms with Crippen molar-refractivity contribution in [1.82, 2.24) is 4.98 Å². The number of pyridine rings is 1. The molecule has 4 heteroatoms. The lowest BCUT2D eigenvalue weighted by Crippen LogP contribution is -2.34. The second-order valence-corrected chi connectivity index (χ2v) is 5.09. The van der Waals surface area contributed by atoms with E-state index >= 15 is 0 Å². The summed E-state index contributed by atoms with van der Waals surface area (Å²) in [6.45, 7) is 3.34. The van der Waals surface area contributed by atoms with Gasteiger partial charge in [-0.15, -0.1) is 0 Å². The molecule has 0 amide bonds. The first kappa shape index (κ1) is 12.3. The number of rotatable bonds is 2. The second-order valence-electron chi connectivity index (χ2n) is 4.65. The summed E-state index contributed by atoms with van der Waals surface area (Å²) in [5, 5.41) is 0. The van der Waals surface area contributed by atoms with Gasteiger partial charge in [0.1, 0.15) is 4.99 Å². The van der Waals surface area contributed by atoms with Gasteiger partial charge in [-0.2, -0.15) is 0 Å². The van der Waals surface area contributed by atoms with Crippen LogP contribution in [0.3, 0.4) is 0 Å². The summed E-state index contributed by atoms with van der Waals surface area (Å²) in [4.78, 5) is 7.07. The van der Waals surface area contributed by atoms with E-state index in [1.54, 1.807) is 6.20 Å². The summed E-state index contributed by atoms with van der Waals surface area (Å²) in [6, 6.07) is 2.45. The average molecular weight is 249 g/mol. The fourth-order valence-corrected chi connectivity index (χ4v) is 2.63. The Hall–Kier alpha value is -1.16. The molecule has 2 N–H and O–H groups in total. The molecule has 0 spiro atoms. The first-order valence-electron chi connectivity index (χ1n) is 6.20. The monoisotopic (exact) mass is 249 g/mol. The molecule has 0 bridgehead atoms. The van der Waals surface area contributed by atoms with E-state index in [0.717, 1.165) is 17.8 Å². The zero-order valence-electron chi connectivity index (χ0n) is 10.2. The minimum Gasteiger partial charge on any atom is -0.389 e. The van der Waals surface area contributed by atoms with Crippen molar-refractivity contribution in [3.8, 4) is 0 Å². The maximum atomic E-state index is 5.78. The Morgan fingerprint density at radius 3 is 3.06 bits per heavy atom. The summed E-state index contributed by atoms with van der Waals surface area (Å²) >= 11 is 5.11. The predicted molar refractivity (Wildman–Crippen MR) is 75.4 cm³/mol. The molecular formula is C13H19N3S. The van der Waals surface area contributed by atoms with Gasteiger partial charge in [-0.3, -0.25) is 4.98 Å². The van der Waals surface area contributed by atoms with Crippen molar-refractivity contribution in [2.45, 2.75) is 38.6 Å². The van der Waals surface area contributed by atoms with Crippen molar-refractivity contribution < 1.29 is 0 Å². The van der Waals surface area contributed by atoms with E-state index in [0.29, 0.717) is 11.0 Å². The summed E-state index contributed by atoms with van der Waals surface area (Å²) in [5.74, 6) is 0. The highest BCUT2D eigenvalue weighted by molar-refractivity contribution is 7.80. The fourth-order valence-electron chi connectivity index (χ4n) is 2.46.